The Morgan fingerprint density at radius 1 is 1.11 bits per heavy atom. The maximum Gasteiger partial charge on any atom is 0.432 e. The maximum atomic E-state index is 13.4. The number of aromatic amines is 1. The number of carbonyl (C=O) groups is 1. The molecule has 1 saturated heterocycles. The smallest absolute Gasteiger partial charge is 0.432 e. The Labute approximate surface area is 215 Å². The summed E-state index contributed by atoms with van der Waals surface area (Å²) in [5, 5.41) is 2.54. The summed E-state index contributed by atoms with van der Waals surface area (Å²) in [6.45, 7) is 4.59. The van der Waals surface area contributed by atoms with Crippen molar-refractivity contribution in [1.82, 2.24) is 19.8 Å². The Hall–Kier alpha value is -3.95. The molecule has 0 unspecified atom stereocenters. The van der Waals surface area contributed by atoms with Gasteiger partial charge in [-0.05, 0) is 37.4 Å². The lowest BCUT2D eigenvalue weighted by Gasteiger charge is -2.32. The second kappa shape index (κ2) is 11.6. The highest BCUT2D eigenvalue weighted by molar-refractivity contribution is 6.05. The monoisotopic (exact) mass is 533 g/mol. The van der Waals surface area contributed by atoms with Gasteiger partial charge in [0.15, 0.2) is 0 Å². The van der Waals surface area contributed by atoms with Crippen molar-refractivity contribution in [3.8, 4) is 29.0 Å². The van der Waals surface area contributed by atoms with E-state index < -0.39 is 29.4 Å². The van der Waals surface area contributed by atoms with Crippen molar-refractivity contribution in [3.63, 3.8) is 0 Å². The Kier molecular flexibility index (Phi) is 8.29. The van der Waals surface area contributed by atoms with Gasteiger partial charge in [-0.2, -0.15) is 13.2 Å². The first-order valence-electron chi connectivity index (χ1n) is 11.7. The van der Waals surface area contributed by atoms with Gasteiger partial charge in [-0.3, -0.25) is 9.69 Å². The topological polar surface area (TPSA) is 73.5 Å². The highest BCUT2D eigenvalue weighted by atomic mass is 19.4. The Morgan fingerprint density at radius 3 is 2.47 bits per heavy atom. The zero-order chi connectivity index (χ0) is 27.3. The minimum Gasteiger partial charge on any atom is -0.490 e. The first kappa shape index (κ1) is 27.1. The van der Waals surface area contributed by atoms with E-state index in [0.717, 1.165) is 38.3 Å². The number of nitrogens with one attached hydrogen (secondary N) is 2. The van der Waals surface area contributed by atoms with Crippen LogP contribution in [0, 0.1) is 23.5 Å². The van der Waals surface area contributed by atoms with Crippen molar-refractivity contribution < 1.29 is 31.5 Å². The molecule has 12 heteroatoms. The SMILES string of the molecule is CN1CCN(CCOc2ccc(-c3ncc(C(F)(F)F)[nH]3)cc2NC(=O)C#Cc2cc(F)cc(F)c2)CC1. The van der Waals surface area contributed by atoms with Crippen LogP contribution in [0.2, 0.25) is 0 Å². The Bertz CT molecular complexity index is 1330. The Morgan fingerprint density at radius 2 is 1.82 bits per heavy atom. The third-order valence-electron chi connectivity index (χ3n) is 5.83. The van der Waals surface area contributed by atoms with Crippen molar-refractivity contribution in [2.75, 3.05) is 51.7 Å². The van der Waals surface area contributed by atoms with Crippen LogP contribution in [-0.2, 0) is 11.0 Å². The second-order valence-electron chi connectivity index (χ2n) is 8.71. The number of likely N-dealkylation sites (N-methyl/N-ethyl adjacent to an activating group) is 1. The standard InChI is InChI=1S/C26H24F5N5O2/c1-35-6-8-36(9-7-35)10-11-38-22-4-3-18(25-32-16-23(34-25)26(29,30)31)14-21(22)33-24(37)5-2-17-12-19(27)15-20(28)13-17/h3-4,12-16H,6-11H2,1H3,(H,32,34)(H,33,37). The predicted molar refractivity (Wildman–Crippen MR) is 130 cm³/mol. The molecule has 0 radical (unpaired) electrons. The molecule has 7 nitrogen and oxygen atoms in total. The van der Waals surface area contributed by atoms with Crippen LogP contribution < -0.4 is 10.1 Å². The number of hydrogen-bond acceptors (Lipinski definition) is 5. The van der Waals surface area contributed by atoms with Gasteiger partial charge in [0.05, 0.1) is 11.9 Å². The number of rotatable bonds is 6. The number of benzene rings is 2. The van der Waals surface area contributed by atoms with Crippen molar-refractivity contribution in [2.45, 2.75) is 6.18 Å². The van der Waals surface area contributed by atoms with E-state index in [-0.39, 0.29) is 28.4 Å². The number of hydrogen-bond donors (Lipinski definition) is 2. The quantitative estimate of drug-likeness (QED) is 0.371. The highest BCUT2D eigenvalue weighted by Crippen LogP contribution is 2.33. The minimum absolute atomic E-state index is 0.0367. The van der Waals surface area contributed by atoms with Crippen LogP contribution in [0.1, 0.15) is 11.3 Å². The molecule has 0 bridgehead atoms. The fourth-order valence-corrected chi connectivity index (χ4v) is 3.78. The lowest BCUT2D eigenvalue weighted by atomic mass is 10.1. The minimum atomic E-state index is -4.60. The number of carbonyl (C=O) groups excluding carboxylic acids is 1. The molecule has 0 aliphatic carbocycles. The van der Waals surface area contributed by atoms with E-state index in [1.54, 1.807) is 0 Å². The van der Waals surface area contributed by atoms with Gasteiger partial charge in [-0.1, -0.05) is 5.92 Å². The van der Waals surface area contributed by atoms with E-state index in [9.17, 15) is 26.7 Å². The summed E-state index contributed by atoms with van der Waals surface area (Å²) in [5.41, 5.74) is -0.637. The average molecular weight is 534 g/mol. The summed E-state index contributed by atoms with van der Waals surface area (Å²) >= 11 is 0. The van der Waals surface area contributed by atoms with Crippen LogP contribution in [-0.4, -0.2) is 72.1 Å². The van der Waals surface area contributed by atoms with Crippen LogP contribution in [0.15, 0.2) is 42.6 Å². The summed E-state index contributed by atoms with van der Waals surface area (Å²) < 4.78 is 71.7. The van der Waals surface area contributed by atoms with Gasteiger partial charge < -0.3 is 19.9 Å². The molecule has 1 aliphatic heterocycles. The lowest BCUT2D eigenvalue weighted by Crippen LogP contribution is -2.45. The lowest BCUT2D eigenvalue weighted by molar-refractivity contribution is -0.140. The fraction of sp³-hybridized carbons (Fsp3) is 0.308. The number of H-pyrrole nitrogens is 1. The molecular formula is C26H24F5N5O2. The molecule has 1 aliphatic rings. The van der Waals surface area contributed by atoms with E-state index in [4.69, 9.17) is 4.74 Å². The van der Waals surface area contributed by atoms with Crippen LogP contribution >= 0.6 is 0 Å². The van der Waals surface area contributed by atoms with Crippen LogP contribution in [0.4, 0.5) is 27.6 Å². The van der Waals surface area contributed by atoms with E-state index in [2.05, 4.69) is 44.0 Å². The molecule has 1 aromatic heterocycles. The number of anilines is 1. The van der Waals surface area contributed by atoms with Gasteiger partial charge in [0.1, 0.15) is 35.5 Å². The third-order valence-corrected chi connectivity index (χ3v) is 5.83. The number of piperazine rings is 1. The summed E-state index contributed by atoms with van der Waals surface area (Å²) in [6.07, 6.45) is -3.92. The normalized spacial score (nSPS) is 14.6. The number of aromatic nitrogens is 2. The number of amides is 1. The van der Waals surface area contributed by atoms with Crippen molar-refractivity contribution >= 4 is 11.6 Å². The van der Waals surface area contributed by atoms with Crippen LogP contribution in [0.3, 0.4) is 0 Å². The van der Waals surface area contributed by atoms with Crippen LogP contribution in [0.25, 0.3) is 11.4 Å². The third kappa shape index (κ3) is 7.30. The molecule has 38 heavy (non-hydrogen) atoms. The molecule has 2 aromatic carbocycles. The Balaban J connectivity index is 1.53. The zero-order valence-electron chi connectivity index (χ0n) is 20.3. The zero-order valence-corrected chi connectivity index (χ0v) is 20.3. The van der Waals surface area contributed by atoms with E-state index in [1.807, 2.05) is 0 Å². The summed E-state index contributed by atoms with van der Waals surface area (Å²) in [7, 11) is 2.05. The molecule has 3 aromatic rings. The van der Waals surface area contributed by atoms with Gasteiger partial charge in [0, 0.05) is 55.8 Å². The second-order valence-corrected chi connectivity index (χ2v) is 8.71. The first-order chi connectivity index (χ1) is 18.1. The predicted octanol–water partition coefficient (Wildman–Crippen LogP) is 3.99. The first-order valence-corrected chi connectivity index (χ1v) is 11.7. The van der Waals surface area contributed by atoms with Gasteiger partial charge in [-0.15, -0.1) is 0 Å². The molecule has 200 valence electrons. The molecule has 1 amide bonds. The van der Waals surface area contributed by atoms with E-state index >= 15 is 0 Å². The summed E-state index contributed by atoms with van der Waals surface area (Å²) in [6, 6.07) is 7.08. The number of alkyl halides is 3. The highest BCUT2D eigenvalue weighted by Gasteiger charge is 2.33. The summed E-state index contributed by atoms with van der Waals surface area (Å²) in [5.74, 6) is 2.36. The molecule has 1 fully saturated rings. The van der Waals surface area contributed by atoms with Gasteiger partial charge in [0.25, 0.3) is 0 Å². The molecule has 4 rings (SSSR count). The van der Waals surface area contributed by atoms with Crippen molar-refractivity contribution in [3.05, 3.63) is 65.5 Å². The van der Waals surface area contributed by atoms with E-state index in [1.165, 1.54) is 18.2 Å². The van der Waals surface area contributed by atoms with Gasteiger partial charge in [0.2, 0.25) is 0 Å². The molecule has 0 atom stereocenters. The number of imidazole rings is 1. The molecule has 2 N–H and O–H groups in total. The van der Waals surface area contributed by atoms with E-state index in [0.29, 0.717) is 25.4 Å². The molecule has 0 saturated carbocycles. The largest absolute Gasteiger partial charge is 0.490 e. The van der Waals surface area contributed by atoms with Crippen molar-refractivity contribution in [1.29, 1.82) is 0 Å². The fourth-order valence-electron chi connectivity index (χ4n) is 3.78. The molecule has 2 heterocycles. The molecular weight excluding hydrogens is 509 g/mol. The van der Waals surface area contributed by atoms with Crippen molar-refractivity contribution in [2.24, 2.45) is 0 Å². The number of halogens is 5. The van der Waals surface area contributed by atoms with Gasteiger partial charge >= 0.3 is 12.1 Å². The number of ether oxygens (including phenoxy) is 1. The average Bonchev–Trinajstić information content (AvgIpc) is 3.35. The van der Waals surface area contributed by atoms with Crippen LogP contribution in [0.5, 0.6) is 5.75 Å². The molecule has 0 spiro atoms. The summed E-state index contributed by atoms with van der Waals surface area (Å²) in [4.78, 5) is 23.0. The number of nitrogens with zero attached hydrogens (tertiary/aromatic N) is 3. The maximum absolute atomic E-state index is 13.4. The van der Waals surface area contributed by atoms with Gasteiger partial charge in [-0.25, -0.2) is 13.8 Å².